The van der Waals surface area contributed by atoms with Gasteiger partial charge in [0.25, 0.3) is 5.91 Å². The molecule has 160 valence electrons. The third kappa shape index (κ3) is 5.03. The van der Waals surface area contributed by atoms with Crippen molar-refractivity contribution >= 4 is 54.0 Å². The van der Waals surface area contributed by atoms with Gasteiger partial charge in [-0.25, -0.2) is 13.4 Å². The molecule has 0 saturated carbocycles. The number of fused-ring (bicyclic) bond motifs is 1. The zero-order valence-electron chi connectivity index (χ0n) is 16.7. The largest absolute Gasteiger partial charge is 0.490 e. The van der Waals surface area contributed by atoms with Crippen LogP contribution in [0.1, 0.15) is 30.6 Å². The van der Waals surface area contributed by atoms with Gasteiger partial charge in [0.05, 0.1) is 33.3 Å². The van der Waals surface area contributed by atoms with Crippen molar-refractivity contribution in [2.24, 2.45) is 0 Å². The van der Waals surface area contributed by atoms with E-state index in [1.807, 2.05) is 13.8 Å². The Labute approximate surface area is 183 Å². The minimum atomic E-state index is -3.33. The van der Waals surface area contributed by atoms with E-state index in [0.717, 1.165) is 12.7 Å². The summed E-state index contributed by atoms with van der Waals surface area (Å²) < 4.78 is 35.4. The van der Waals surface area contributed by atoms with Crippen molar-refractivity contribution in [3.8, 4) is 11.5 Å². The molecule has 0 fully saturated rings. The fraction of sp³-hybridized carbons (Fsp3) is 0.300. The van der Waals surface area contributed by atoms with Crippen LogP contribution in [0.3, 0.4) is 0 Å². The van der Waals surface area contributed by atoms with Crippen LogP contribution in [0.25, 0.3) is 10.2 Å². The van der Waals surface area contributed by atoms with Crippen LogP contribution in [-0.2, 0) is 9.84 Å². The number of rotatable bonds is 8. The first kappa shape index (κ1) is 22.3. The number of benzene rings is 2. The Hall–Kier alpha value is -2.36. The number of carbonyl (C=O) groups excluding carboxylic acids is 1. The molecule has 0 aliphatic heterocycles. The van der Waals surface area contributed by atoms with Gasteiger partial charge >= 0.3 is 0 Å². The van der Waals surface area contributed by atoms with E-state index in [2.05, 4.69) is 10.3 Å². The molecule has 1 heterocycles. The fourth-order valence-electron chi connectivity index (χ4n) is 2.66. The minimum Gasteiger partial charge on any atom is -0.490 e. The summed E-state index contributed by atoms with van der Waals surface area (Å²) in [7, 11) is -3.33. The molecule has 3 aromatic rings. The molecule has 0 radical (unpaired) electrons. The number of aromatic nitrogens is 1. The molecule has 3 rings (SSSR count). The van der Waals surface area contributed by atoms with Crippen molar-refractivity contribution in [3.05, 3.63) is 40.9 Å². The highest BCUT2D eigenvalue weighted by atomic mass is 35.5. The van der Waals surface area contributed by atoms with Crippen LogP contribution >= 0.6 is 22.9 Å². The van der Waals surface area contributed by atoms with Gasteiger partial charge in [-0.05, 0) is 43.7 Å². The van der Waals surface area contributed by atoms with Crippen molar-refractivity contribution in [2.45, 2.75) is 25.2 Å². The second kappa shape index (κ2) is 9.20. The van der Waals surface area contributed by atoms with E-state index in [0.29, 0.717) is 45.6 Å². The predicted octanol–water partition coefficient (Wildman–Crippen LogP) is 4.79. The van der Waals surface area contributed by atoms with Crippen LogP contribution in [0.4, 0.5) is 5.13 Å². The lowest BCUT2D eigenvalue weighted by molar-refractivity contribution is 0.102. The molecular formula is C20H21ClN2O5S2. The smallest absolute Gasteiger partial charge is 0.257 e. The molecule has 30 heavy (non-hydrogen) atoms. The highest BCUT2D eigenvalue weighted by Gasteiger charge is 2.18. The Morgan fingerprint density at radius 1 is 1.20 bits per heavy atom. The van der Waals surface area contributed by atoms with Gasteiger partial charge in [-0.2, -0.15) is 0 Å². The molecule has 1 amide bonds. The Bertz CT molecular complexity index is 1190. The SMILES string of the molecule is CCCOc1c(Cl)cc(C(=O)Nc2nc3ccc(S(C)(=O)=O)cc3s2)cc1OCC. The number of nitrogens with one attached hydrogen (secondary N) is 1. The number of hydrogen-bond donors (Lipinski definition) is 1. The Morgan fingerprint density at radius 3 is 2.63 bits per heavy atom. The minimum absolute atomic E-state index is 0.201. The van der Waals surface area contributed by atoms with Gasteiger partial charge in [0.15, 0.2) is 26.5 Å². The molecule has 1 aromatic heterocycles. The number of nitrogens with zero attached hydrogens (tertiary/aromatic N) is 1. The van der Waals surface area contributed by atoms with Gasteiger partial charge in [-0.15, -0.1) is 0 Å². The van der Waals surface area contributed by atoms with Crippen molar-refractivity contribution in [1.29, 1.82) is 0 Å². The Kier molecular flexibility index (Phi) is 6.84. The maximum absolute atomic E-state index is 12.8. The van der Waals surface area contributed by atoms with Crippen molar-refractivity contribution in [3.63, 3.8) is 0 Å². The highest BCUT2D eigenvalue weighted by molar-refractivity contribution is 7.90. The summed E-state index contributed by atoms with van der Waals surface area (Å²) in [6, 6.07) is 7.74. The number of sulfone groups is 1. The first-order chi connectivity index (χ1) is 14.2. The fourth-order valence-corrected chi connectivity index (χ4v) is 4.55. The van der Waals surface area contributed by atoms with Crippen LogP contribution in [0.5, 0.6) is 11.5 Å². The molecule has 0 aliphatic carbocycles. The number of anilines is 1. The quantitative estimate of drug-likeness (QED) is 0.510. The van der Waals surface area contributed by atoms with Crippen LogP contribution in [0.15, 0.2) is 35.2 Å². The molecule has 10 heteroatoms. The van der Waals surface area contributed by atoms with E-state index in [1.165, 1.54) is 23.5 Å². The highest BCUT2D eigenvalue weighted by Crippen LogP contribution is 2.37. The van der Waals surface area contributed by atoms with Crippen LogP contribution in [0.2, 0.25) is 5.02 Å². The van der Waals surface area contributed by atoms with Crippen molar-refractivity contribution < 1.29 is 22.7 Å². The second-order valence-corrected chi connectivity index (χ2v) is 9.90. The summed E-state index contributed by atoms with van der Waals surface area (Å²) in [4.78, 5) is 17.3. The lowest BCUT2D eigenvalue weighted by Crippen LogP contribution is -2.12. The molecule has 0 bridgehead atoms. The van der Waals surface area contributed by atoms with E-state index in [-0.39, 0.29) is 9.92 Å². The third-order valence-electron chi connectivity index (χ3n) is 4.03. The average molecular weight is 469 g/mol. The van der Waals surface area contributed by atoms with Crippen molar-refractivity contribution in [1.82, 2.24) is 4.98 Å². The second-order valence-electron chi connectivity index (χ2n) is 6.44. The first-order valence-corrected chi connectivity index (χ1v) is 12.3. The lowest BCUT2D eigenvalue weighted by Gasteiger charge is -2.14. The van der Waals surface area contributed by atoms with E-state index in [4.69, 9.17) is 21.1 Å². The lowest BCUT2D eigenvalue weighted by atomic mass is 10.2. The van der Waals surface area contributed by atoms with E-state index < -0.39 is 15.7 Å². The average Bonchev–Trinajstić information content (AvgIpc) is 3.08. The van der Waals surface area contributed by atoms with E-state index in [1.54, 1.807) is 18.2 Å². The standard InChI is InChI=1S/C20H21ClN2O5S2/c1-4-8-28-18-14(21)9-12(10-16(18)27-5-2)19(24)23-20-22-15-7-6-13(30(3,25)26)11-17(15)29-20/h6-7,9-11H,4-5,8H2,1-3H3,(H,22,23,24). The number of thiazole rings is 1. The van der Waals surface area contributed by atoms with Crippen molar-refractivity contribution in [2.75, 3.05) is 24.8 Å². The summed E-state index contributed by atoms with van der Waals surface area (Å²) in [5.74, 6) is 0.387. The summed E-state index contributed by atoms with van der Waals surface area (Å²) >= 11 is 7.51. The molecular weight excluding hydrogens is 448 g/mol. The zero-order chi connectivity index (χ0) is 21.9. The molecule has 0 saturated heterocycles. The summed E-state index contributed by atoms with van der Waals surface area (Å²) in [5.41, 5.74) is 0.891. The van der Waals surface area contributed by atoms with Crippen LogP contribution < -0.4 is 14.8 Å². The summed E-state index contributed by atoms with van der Waals surface area (Å²) in [6.07, 6.45) is 1.95. The Balaban J connectivity index is 1.88. The van der Waals surface area contributed by atoms with E-state index in [9.17, 15) is 13.2 Å². The molecule has 0 aliphatic rings. The molecule has 0 spiro atoms. The maximum atomic E-state index is 12.8. The van der Waals surface area contributed by atoms with Crippen LogP contribution in [-0.4, -0.2) is 38.8 Å². The van der Waals surface area contributed by atoms with E-state index >= 15 is 0 Å². The summed E-state index contributed by atoms with van der Waals surface area (Å²) in [6.45, 7) is 4.68. The zero-order valence-corrected chi connectivity index (χ0v) is 19.1. The molecule has 0 unspecified atom stereocenters. The normalized spacial score (nSPS) is 11.5. The van der Waals surface area contributed by atoms with Gasteiger partial charge in [-0.3, -0.25) is 10.1 Å². The van der Waals surface area contributed by atoms with Gasteiger partial charge < -0.3 is 9.47 Å². The number of ether oxygens (including phenoxy) is 2. The maximum Gasteiger partial charge on any atom is 0.257 e. The molecule has 0 atom stereocenters. The third-order valence-corrected chi connectivity index (χ3v) is 6.36. The molecule has 2 aromatic carbocycles. The number of carbonyl (C=O) groups is 1. The van der Waals surface area contributed by atoms with Gasteiger partial charge in [0, 0.05) is 11.8 Å². The summed E-state index contributed by atoms with van der Waals surface area (Å²) in [5, 5.41) is 3.36. The molecule has 7 nitrogen and oxygen atoms in total. The topological polar surface area (TPSA) is 94.6 Å². The van der Waals surface area contributed by atoms with Gasteiger partial charge in [0.2, 0.25) is 0 Å². The predicted molar refractivity (Wildman–Crippen MR) is 119 cm³/mol. The number of amides is 1. The van der Waals surface area contributed by atoms with Gasteiger partial charge in [0.1, 0.15) is 0 Å². The first-order valence-electron chi connectivity index (χ1n) is 9.24. The monoisotopic (exact) mass is 468 g/mol. The Morgan fingerprint density at radius 2 is 1.97 bits per heavy atom. The van der Waals surface area contributed by atoms with Gasteiger partial charge in [-0.1, -0.05) is 29.9 Å². The number of halogens is 1. The van der Waals surface area contributed by atoms with Crippen LogP contribution in [0, 0.1) is 0 Å². The molecule has 1 N–H and O–H groups in total. The number of hydrogen-bond acceptors (Lipinski definition) is 7.